The Morgan fingerprint density at radius 3 is 2.36 bits per heavy atom. The number of amides is 2. The number of piperazine rings is 1. The summed E-state index contributed by atoms with van der Waals surface area (Å²) in [5.41, 5.74) is 0.305. The highest BCUT2D eigenvalue weighted by atomic mass is 19.1. The molecule has 0 aromatic heterocycles. The maximum atomic E-state index is 14.1. The van der Waals surface area contributed by atoms with E-state index >= 15 is 0 Å². The van der Waals surface area contributed by atoms with Gasteiger partial charge in [-0.3, -0.25) is 9.59 Å². The third-order valence-corrected chi connectivity index (χ3v) is 4.21. The molecule has 0 saturated carbocycles. The van der Waals surface area contributed by atoms with E-state index in [-0.39, 0.29) is 23.7 Å². The van der Waals surface area contributed by atoms with E-state index in [1.54, 1.807) is 15.9 Å². The number of hydrogen-bond acceptors (Lipinski definition) is 3. The Bertz CT molecular complexity index is 611. The normalized spacial score (nSPS) is 14.8. The molecule has 1 saturated heterocycles. The highest BCUT2D eigenvalue weighted by molar-refractivity contribution is 5.94. The van der Waals surface area contributed by atoms with Gasteiger partial charge in [-0.15, -0.1) is 0 Å². The standard InChI is InChI=1S/C19H27FN2O3/c1-4-5-6-18(23)21-9-11-22(12-10-21)19(24)15-7-8-17(16(20)13-15)25-14(2)3/h7-8,13-14H,4-6,9-12H2,1-3H3. The fourth-order valence-corrected chi connectivity index (χ4v) is 2.81. The SMILES string of the molecule is CCCCC(=O)N1CCN(C(=O)c2ccc(OC(C)C)c(F)c2)CC1. The van der Waals surface area contributed by atoms with Crippen LogP contribution in [0.25, 0.3) is 0 Å². The second-order valence-electron chi connectivity index (χ2n) is 6.59. The zero-order chi connectivity index (χ0) is 18.4. The van der Waals surface area contributed by atoms with Crippen molar-refractivity contribution in [3.8, 4) is 5.75 Å². The lowest BCUT2D eigenvalue weighted by Gasteiger charge is -2.35. The molecule has 2 rings (SSSR count). The maximum Gasteiger partial charge on any atom is 0.254 e. The molecule has 0 N–H and O–H groups in total. The minimum atomic E-state index is -0.534. The van der Waals surface area contributed by atoms with Crippen molar-refractivity contribution in [3.05, 3.63) is 29.6 Å². The van der Waals surface area contributed by atoms with Crippen LogP contribution >= 0.6 is 0 Å². The molecule has 1 aliphatic heterocycles. The largest absolute Gasteiger partial charge is 0.488 e. The summed E-state index contributed by atoms with van der Waals surface area (Å²) in [5, 5.41) is 0. The number of hydrogen-bond donors (Lipinski definition) is 0. The molecule has 6 heteroatoms. The van der Waals surface area contributed by atoms with Gasteiger partial charge in [0, 0.05) is 38.2 Å². The summed E-state index contributed by atoms with van der Waals surface area (Å²) in [4.78, 5) is 28.1. The molecule has 2 amide bonds. The fraction of sp³-hybridized carbons (Fsp3) is 0.579. The lowest BCUT2D eigenvalue weighted by atomic mass is 10.1. The van der Waals surface area contributed by atoms with Crippen LogP contribution in [-0.2, 0) is 4.79 Å². The van der Waals surface area contributed by atoms with Crippen LogP contribution < -0.4 is 4.74 Å². The van der Waals surface area contributed by atoms with Crippen molar-refractivity contribution < 1.29 is 18.7 Å². The molecule has 1 aromatic rings. The number of carbonyl (C=O) groups is 2. The van der Waals surface area contributed by atoms with E-state index in [1.165, 1.54) is 12.1 Å². The van der Waals surface area contributed by atoms with Gasteiger partial charge >= 0.3 is 0 Å². The maximum absolute atomic E-state index is 14.1. The lowest BCUT2D eigenvalue weighted by molar-refractivity contribution is -0.132. The third kappa shape index (κ3) is 5.18. The zero-order valence-corrected chi connectivity index (χ0v) is 15.3. The average Bonchev–Trinajstić information content (AvgIpc) is 2.60. The molecule has 0 bridgehead atoms. The third-order valence-electron chi connectivity index (χ3n) is 4.21. The van der Waals surface area contributed by atoms with Gasteiger partial charge in [0.25, 0.3) is 5.91 Å². The number of ether oxygens (including phenoxy) is 1. The highest BCUT2D eigenvalue weighted by Gasteiger charge is 2.25. The van der Waals surface area contributed by atoms with Crippen LogP contribution in [0.3, 0.4) is 0 Å². The van der Waals surface area contributed by atoms with E-state index in [4.69, 9.17) is 4.74 Å². The minimum absolute atomic E-state index is 0.130. The van der Waals surface area contributed by atoms with Crippen molar-refractivity contribution in [3.63, 3.8) is 0 Å². The zero-order valence-electron chi connectivity index (χ0n) is 15.3. The number of unbranched alkanes of at least 4 members (excludes halogenated alkanes) is 1. The number of carbonyl (C=O) groups excluding carboxylic acids is 2. The van der Waals surface area contributed by atoms with E-state index in [0.717, 1.165) is 12.8 Å². The van der Waals surface area contributed by atoms with Gasteiger partial charge in [-0.05, 0) is 38.5 Å². The van der Waals surface area contributed by atoms with Gasteiger partial charge in [0.1, 0.15) is 0 Å². The first-order valence-electron chi connectivity index (χ1n) is 8.95. The predicted octanol–water partition coefficient (Wildman–Crippen LogP) is 3.09. The Kier molecular flexibility index (Phi) is 6.79. The van der Waals surface area contributed by atoms with E-state index < -0.39 is 5.82 Å². The van der Waals surface area contributed by atoms with Gasteiger partial charge < -0.3 is 14.5 Å². The van der Waals surface area contributed by atoms with Crippen LogP contribution in [0.2, 0.25) is 0 Å². The topological polar surface area (TPSA) is 49.9 Å². The Labute approximate surface area is 148 Å². The summed E-state index contributed by atoms with van der Waals surface area (Å²) < 4.78 is 19.4. The smallest absolute Gasteiger partial charge is 0.254 e. The van der Waals surface area contributed by atoms with Crippen molar-refractivity contribution in [2.75, 3.05) is 26.2 Å². The molecular formula is C19H27FN2O3. The molecule has 1 fully saturated rings. The summed E-state index contributed by atoms with van der Waals surface area (Å²) in [6.07, 6.45) is 2.32. The van der Waals surface area contributed by atoms with Crippen molar-refractivity contribution in [2.24, 2.45) is 0 Å². The number of halogens is 1. The first-order valence-corrected chi connectivity index (χ1v) is 8.95. The lowest BCUT2D eigenvalue weighted by Crippen LogP contribution is -2.50. The van der Waals surface area contributed by atoms with E-state index in [0.29, 0.717) is 38.2 Å². The number of nitrogens with zero attached hydrogens (tertiary/aromatic N) is 2. The van der Waals surface area contributed by atoms with Crippen LogP contribution in [-0.4, -0.2) is 53.9 Å². The summed E-state index contributed by atoms with van der Waals surface area (Å²) in [6, 6.07) is 4.30. The van der Waals surface area contributed by atoms with Gasteiger partial charge in [0.05, 0.1) is 6.10 Å². The summed E-state index contributed by atoms with van der Waals surface area (Å²) >= 11 is 0. The Hall–Kier alpha value is -2.11. The quantitative estimate of drug-likeness (QED) is 0.792. The first kappa shape index (κ1) is 19.2. The van der Waals surface area contributed by atoms with Crippen LogP contribution in [0.5, 0.6) is 5.75 Å². The van der Waals surface area contributed by atoms with Crippen molar-refractivity contribution in [1.82, 2.24) is 9.80 Å². The van der Waals surface area contributed by atoms with Crippen molar-refractivity contribution in [1.29, 1.82) is 0 Å². The summed E-state index contributed by atoms with van der Waals surface area (Å²) in [7, 11) is 0. The molecular weight excluding hydrogens is 323 g/mol. The van der Waals surface area contributed by atoms with Crippen molar-refractivity contribution in [2.45, 2.75) is 46.1 Å². The van der Waals surface area contributed by atoms with Gasteiger partial charge in [-0.25, -0.2) is 4.39 Å². The van der Waals surface area contributed by atoms with Crippen molar-refractivity contribution >= 4 is 11.8 Å². The monoisotopic (exact) mass is 350 g/mol. The molecule has 0 spiro atoms. The van der Waals surface area contributed by atoms with Crippen LogP contribution in [0.15, 0.2) is 18.2 Å². The van der Waals surface area contributed by atoms with Crippen LogP contribution in [0, 0.1) is 5.82 Å². The second kappa shape index (κ2) is 8.83. The molecule has 138 valence electrons. The molecule has 0 unspecified atom stereocenters. The molecule has 1 aliphatic rings. The van der Waals surface area contributed by atoms with Gasteiger partial charge in [0.2, 0.25) is 5.91 Å². The number of rotatable bonds is 6. The number of benzene rings is 1. The average molecular weight is 350 g/mol. The first-order chi connectivity index (χ1) is 11.9. The van der Waals surface area contributed by atoms with Gasteiger partial charge in [-0.2, -0.15) is 0 Å². The predicted molar refractivity (Wildman–Crippen MR) is 94.2 cm³/mol. The molecule has 25 heavy (non-hydrogen) atoms. The summed E-state index contributed by atoms with van der Waals surface area (Å²) in [5.74, 6) is -0.448. The van der Waals surface area contributed by atoms with E-state index in [2.05, 4.69) is 6.92 Å². The molecule has 0 atom stereocenters. The Balaban J connectivity index is 1.94. The Morgan fingerprint density at radius 2 is 1.80 bits per heavy atom. The summed E-state index contributed by atoms with van der Waals surface area (Å²) in [6.45, 7) is 7.71. The highest BCUT2D eigenvalue weighted by Crippen LogP contribution is 2.21. The van der Waals surface area contributed by atoms with E-state index in [9.17, 15) is 14.0 Å². The van der Waals surface area contributed by atoms with E-state index in [1.807, 2.05) is 13.8 Å². The molecule has 0 radical (unpaired) electrons. The second-order valence-corrected chi connectivity index (χ2v) is 6.59. The molecule has 0 aliphatic carbocycles. The fourth-order valence-electron chi connectivity index (χ4n) is 2.81. The molecule has 5 nitrogen and oxygen atoms in total. The van der Waals surface area contributed by atoms with Crippen LogP contribution in [0.4, 0.5) is 4.39 Å². The van der Waals surface area contributed by atoms with Gasteiger partial charge in [-0.1, -0.05) is 13.3 Å². The Morgan fingerprint density at radius 1 is 1.16 bits per heavy atom. The van der Waals surface area contributed by atoms with Crippen LogP contribution in [0.1, 0.15) is 50.4 Å². The minimum Gasteiger partial charge on any atom is -0.488 e. The molecule has 1 aromatic carbocycles. The molecule has 1 heterocycles. The van der Waals surface area contributed by atoms with Gasteiger partial charge in [0.15, 0.2) is 11.6 Å².